The van der Waals surface area contributed by atoms with Gasteiger partial charge >= 0.3 is 0 Å². The van der Waals surface area contributed by atoms with Crippen LogP contribution in [0.4, 0.5) is 0 Å². The molecule has 0 radical (unpaired) electrons. The molecule has 3 aromatic carbocycles. The number of nitrogens with zero attached hydrogens (tertiary/aromatic N) is 16. The van der Waals surface area contributed by atoms with E-state index in [4.69, 9.17) is 16.6 Å². The molecular formula is C56H53ClN16O2W2-2. The van der Waals surface area contributed by atoms with Crippen LogP contribution in [0.25, 0.3) is 79.0 Å². The molecule has 2 fully saturated rings. The third-order valence-electron chi connectivity index (χ3n) is 13.2. The van der Waals surface area contributed by atoms with E-state index in [2.05, 4.69) is 77.5 Å². The van der Waals surface area contributed by atoms with E-state index in [0.717, 1.165) is 41.0 Å². The molecule has 2 saturated carbocycles. The molecule has 0 spiro atoms. The van der Waals surface area contributed by atoms with E-state index in [1.807, 2.05) is 99.2 Å². The van der Waals surface area contributed by atoms with E-state index >= 15 is 0 Å². The van der Waals surface area contributed by atoms with Crippen molar-refractivity contribution in [3.05, 3.63) is 193 Å². The van der Waals surface area contributed by atoms with E-state index in [9.17, 15) is 9.59 Å². The molecule has 0 amide bonds. The summed E-state index contributed by atoms with van der Waals surface area (Å²) in [5, 5.41) is 18.0. The number of hydrogen-bond donors (Lipinski definition) is 0. The quantitative estimate of drug-likeness (QED) is 0.111. The van der Waals surface area contributed by atoms with Gasteiger partial charge in [-0.05, 0) is 107 Å². The fourth-order valence-electron chi connectivity index (χ4n) is 8.97. The van der Waals surface area contributed by atoms with Crippen molar-refractivity contribution >= 4 is 33.4 Å². The Labute approximate surface area is 477 Å². The number of benzene rings is 3. The van der Waals surface area contributed by atoms with E-state index in [1.165, 1.54) is 28.3 Å². The second-order valence-electron chi connectivity index (χ2n) is 18.9. The van der Waals surface area contributed by atoms with Crippen molar-refractivity contribution in [3.8, 4) is 57.2 Å². The third kappa shape index (κ3) is 11.0. The molecule has 11 aromatic rings. The number of hydrogen-bond acceptors (Lipinski definition) is 12. The molecule has 0 N–H and O–H groups in total. The number of pyridine rings is 2. The van der Waals surface area contributed by atoms with Crippen molar-refractivity contribution in [3.63, 3.8) is 0 Å². The average Bonchev–Trinajstić information content (AvgIpc) is 4.13. The Bertz CT molecular complexity index is 4000. The Kier molecular flexibility index (Phi) is 16.7. The molecule has 0 atom stereocenters. The molecule has 77 heavy (non-hydrogen) atoms. The third-order valence-corrected chi connectivity index (χ3v) is 13.5. The molecule has 2 aliphatic rings. The second-order valence-corrected chi connectivity index (χ2v) is 19.4. The number of rotatable bonds is 11. The Morgan fingerprint density at radius 3 is 1.48 bits per heavy atom. The normalized spacial score (nSPS) is 12.9. The standard InChI is InChI=1S/C30H26N8O.C24H21ClN8O.2CH3.2W/c1-19(2)37-18-33-35-29(37)24-9-6-10-28(34-24)38-17-32-25-13-22(20-7-4-3-5-8-20)27(14-23(25)30(38)39)36-15-26(31-16-36)21-11-12-21;1-14(2)32-13-28-30-23(32)18-4-3-5-22(29-18)33-12-27-19-9-17(25)21(8-16(19)24(33)34)31-10-20(26-11-31)15-6-7-15;;;;/h3-10,13-19,21H,11-12H2,1-2H3;3-5,8-15H,6-7H2,1-2H3;2*1H3;;/q;;2*-1;;. The van der Waals surface area contributed by atoms with Crippen molar-refractivity contribution < 1.29 is 42.1 Å². The van der Waals surface area contributed by atoms with Crippen molar-refractivity contribution in [2.75, 3.05) is 0 Å². The summed E-state index contributed by atoms with van der Waals surface area (Å²) < 4.78 is 10.7. The van der Waals surface area contributed by atoms with Crippen LogP contribution in [-0.2, 0) is 42.1 Å². The topological polar surface area (TPSA) is 193 Å². The summed E-state index contributed by atoms with van der Waals surface area (Å²) in [6, 6.07) is 28.9. The van der Waals surface area contributed by atoms with Gasteiger partial charge in [0.05, 0.1) is 62.2 Å². The average molecular weight is 1390 g/mol. The molecule has 0 bridgehead atoms. The summed E-state index contributed by atoms with van der Waals surface area (Å²) in [6.07, 6.45) is 18.7. The van der Waals surface area contributed by atoms with Gasteiger partial charge in [-0.1, -0.05) is 54.1 Å². The minimum absolute atomic E-state index is 0. The van der Waals surface area contributed by atoms with Crippen molar-refractivity contribution in [1.29, 1.82) is 0 Å². The number of aromatic nitrogens is 16. The monoisotopic (exact) mass is 1380 g/mol. The van der Waals surface area contributed by atoms with Gasteiger partial charge in [-0.2, -0.15) is 0 Å². The number of fused-ring (bicyclic) bond motifs is 2. The predicted molar refractivity (Wildman–Crippen MR) is 291 cm³/mol. The van der Waals surface area contributed by atoms with Gasteiger partial charge in [0.15, 0.2) is 11.6 Å². The minimum atomic E-state index is -0.236. The summed E-state index contributed by atoms with van der Waals surface area (Å²) in [4.78, 5) is 55.1. The summed E-state index contributed by atoms with van der Waals surface area (Å²) >= 11 is 6.54. The van der Waals surface area contributed by atoms with E-state index in [0.29, 0.717) is 79.0 Å². The van der Waals surface area contributed by atoms with Gasteiger partial charge in [0.2, 0.25) is 0 Å². The maximum absolute atomic E-state index is 13.9. The number of imidazole rings is 2. The number of halogens is 1. The van der Waals surface area contributed by atoms with Crippen LogP contribution in [0.1, 0.15) is 88.7 Å². The first-order valence-corrected chi connectivity index (χ1v) is 24.6. The SMILES string of the molecule is CC(C)n1cnnc1-c1cccc(-n2cnc3cc(-c4ccccc4)c(-n4cnc(C5CC5)c4)cc3c2=O)n1.CC(C)n1cnnc1-c1cccc(-n2cnc3cc(Cl)c(-n4cnc(C5CC5)c4)cc3c2=O)n1.[CH3-].[CH3-].[W].[W]. The summed E-state index contributed by atoms with van der Waals surface area (Å²) in [5.74, 6) is 3.27. The smallest absolute Gasteiger partial charge is 0.267 e. The van der Waals surface area contributed by atoms with Crippen LogP contribution in [-0.4, -0.2) is 77.7 Å². The zero-order valence-corrected chi connectivity index (χ0v) is 49.7. The van der Waals surface area contributed by atoms with Crippen molar-refractivity contribution in [2.45, 2.75) is 77.3 Å². The predicted octanol–water partition coefficient (Wildman–Crippen LogP) is 10.6. The molecule has 0 aliphatic heterocycles. The Balaban J connectivity index is 0.000000195. The van der Waals surface area contributed by atoms with Gasteiger partial charge in [-0.3, -0.25) is 18.7 Å². The first-order chi connectivity index (χ1) is 35.6. The maximum atomic E-state index is 13.9. The largest absolute Gasteiger partial charge is 0.358 e. The van der Waals surface area contributed by atoms with Gasteiger partial charge in [0, 0.05) is 84.0 Å². The van der Waals surface area contributed by atoms with Crippen LogP contribution in [0, 0.1) is 14.9 Å². The molecule has 2 aliphatic carbocycles. The van der Waals surface area contributed by atoms with E-state index < -0.39 is 0 Å². The molecular weight excluding hydrogens is 1330 g/mol. The van der Waals surface area contributed by atoms with Crippen molar-refractivity contribution in [2.24, 2.45) is 0 Å². The summed E-state index contributed by atoms with van der Waals surface area (Å²) in [7, 11) is 0. The molecule has 0 saturated heterocycles. The van der Waals surface area contributed by atoms with Crippen LogP contribution in [0.2, 0.25) is 5.02 Å². The Morgan fingerprint density at radius 1 is 0.532 bits per heavy atom. The van der Waals surface area contributed by atoms with Crippen LogP contribution in [0.15, 0.2) is 151 Å². The molecule has 8 aromatic heterocycles. The zero-order valence-electron chi connectivity index (χ0n) is 43.1. The molecule has 21 heteroatoms. The van der Waals surface area contributed by atoms with Gasteiger partial charge in [0.1, 0.15) is 48.3 Å². The Hall–Kier alpha value is -7.39. The minimum Gasteiger partial charge on any atom is -0.358 e. The van der Waals surface area contributed by atoms with Crippen LogP contribution < -0.4 is 11.1 Å². The van der Waals surface area contributed by atoms with Crippen LogP contribution >= 0.6 is 11.6 Å². The summed E-state index contributed by atoms with van der Waals surface area (Å²) in [6.45, 7) is 8.21. The molecule has 390 valence electrons. The first-order valence-electron chi connectivity index (χ1n) is 24.2. The molecule has 8 heterocycles. The van der Waals surface area contributed by atoms with Crippen LogP contribution in [0.3, 0.4) is 0 Å². The zero-order chi connectivity index (χ0) is 49.9. The van der Waals surface area contributed by atoms with Crippen molar-refractivity contribution in [1.82, 2.24) is 77.7 Å². The van der Waals surface area contributed by atoms with E-state index in [1.54, 1.807) is 49.6 Å². The molecule has 18 nitrogen and oxygen atoms in total. The molecule has 0 unspecified atom stereocenters. The van der Waals surface area contributed by atoms with Gasteiger partial charge in [0.25, 0.3) is 11.1 Å². The van der Waals surface area contributed by atoms with E-state index in [-0.39, 0.29) is 80.2 Å². The first kappa shape index (κ1) is 55.8. The van der Waals surface area contributed by atoms with Crippen LogP contribution in [0.5, 0.6) is 0 Å². The molecule has 13 rings (SSSR count). The van der Waals surface area contributed by atoms with Gasteiger partial charge in [-0.15, -0.1) is 20.4 Å². The summed E-state index contributed by atoms with van der Waals surface area (Å²) in [5.41, 5.74) is 7.72. The van der Waals surface area contributed by atoms with Gasteiger partial charge < -0.3 is 33.1 Å². The second kappa shape index (κ2) is 23.1. The maximum Gasteiger partial charge on any atom is 0.267 e. The van der Waals surface area contributed by atoms with Gasteiger partial charge in [-0.25, -0.2) is 29.9 Å². The Morgan fingerprint density at radius 2 is 1.00 bits per heavy atom. The fraction of sp³-hybridized carbons (Fsp3) is 0.214. The fourth-order valence-corrected chi connectivity index (χ4v) is 9.22.